The molecule has 156 valence electrons. The molecule has 1 saturated heterocycles. The maximum Gasteiger partial charge on any atom is 0.257 e. The van der Waals surface area contributed by atoms with Gasteiger partial charge in [-0.25, -0.2) is 13.1 Å². The summed E-state index contributed by atoms with van der Waals surface area (Å²) in [6.07, 6.45) is 1.92. The van der Waals surface area contributed by atoms with Crippen molar-refractivity contribution in [2.24, 2.45) is 0 Å². The molecule has 1 amide bonds. The Morgan fingerprint density at radius 3 is 2.34 bits per heavy atom. The Morgan fingerprint density at radius 2 is 1.76 bits per heavy atom. The highest BCUT2D eigenvalue weighted by Gasteiger charge is 2.25. The number of rotatable bonds is 7. The van der Waals surface area contributed by atoms with E-state index in [2.05, 4.69) is 4.72 Å². The second kappa shape index (κ2) is 8.84. The van der Waals surface area contributed by atoms with Gasteiger partial charge >= 0.3 is 0 Å². The standard InChI is InChI=1S/C21H27N3O4S/c1-23(2)17-8-6-16(7-9-17)15-22-29(26,27)18-10-11-20(28-3)19(14-18)21(25)24-12-4-5-13-24/h6-11,14,22H,4-5,12-13,15H2,1-3H3. The van der Waals surface area contributed by atoms with Crippen LogP contribution in [0.4, 0.5) is 5.69 Å². The van der Waals surface area contributed by atoms with Crippen molar-refractivity contribution in [2.45, 2.75) is 24.3 Å². The highest BCUT2D eigenvalue weighted by atomic mass is 32.2. The fourth-order valence-electron chi connectivity index (χ4n) is 3.29. The summed E-state index contributed by atoms with van der Waals surface area (Å²) in [4.78, 5) is 16.6. The third kappa shape index (κ3) is 4.89. The van der Waals surface area contributed by atoms with Crippen LogP contribution >= 0.6 is 0 Å². The summed E-state index contributed by atoms with van der Waals surface area (Å²) in [5.41, 5.74) is 2.16. The van der Waals surface area contributed by atoms with E-state index in [1.807, 2.05) is 43.3 Å². The summed E-state index contributed by atoms with van der Waals surface area (Å²) in [6.45, 7) is 1.53. The molecule has 1 N–H and O–H groups in total. The van der Waals surface area contributed by atoms with Gasteiger partial charge in [0, 0.05) is 39.4 Å². The van der Waals surface area contributed by atoms with Gasteiger partial charge in [0.2, 0.25) is 10.0 Å². The Balaban J connectivity index is 1.79. The molecule has 0 spiro atoms. The molecule has 1 aliphatic rings. The van der Waals surface area contributed by atoms with E-state index < -0.39 is 10.0 Å². The molecule has 2 aromatic carbocycles. The average Bonchev–Trinajstić information content (AvgIpc) is 3.26. The molecular weight excluding hydrogens is 390 g/mol. The monoisotopic (exact) mass is 417 g/mol. The molecule has 0 radical (unpaired) electrons. The lowest BCUT2D eigenvalue weighted by atomic mass is 10.1. The first-order valence-electron chi connectivity index (χ1n) is 9.55. The number of hydrogen-bond donors (Lipinski definition) is 1. The Kier molecular flexibility index (Phi) is 6.44. The molecule has 8 heteroatoms. The normalized spacial score (nSPS) is 14.1. The van der Waals surface area contributed by atoms with E-state index in [1.54, 1.807) is 4.90 Å². The zero-order chi connectivity index (χ0) is 21.0. The van der Waals surface area contributed by atoms with Crippen molar-refractivity contribution in [1.29, 1.82) is 0 Å². The van der Waals surface area contributed by atoms with E-state index >= 15 is 0 Å². The van der Waals surface area contributed by atoms with Gasteiger partial charge in [0.15, 0.2) is 0 Å². The molecule has 0 aliphatic carbocycles. The maximum absolute atomic E-state index is 12.8. The van der Waals surface area contributed by atoms with Crippen molar-refractivity contribution >= 4 is 21.6 Å². The highest BCUT2D eigenvalue weighted by Crippen LogP contribution is 2.25. The number of sulfonamides is 1. The summed E-state index contributed by atoms with van der Waals surface area (Å²) in [5, 5.41) is 0. The summed E-state index contributed by atoms with van der Waals surface area (Å²) in [6, 6.07) is 12.0. The first-order valence-corrected chi connectivity index (χ1v) is 11.0. The average molecular weight is 418 g/mol. The van der Waals surface area contributed by atoms with Crippen molar-refractivity contribution in [2.75, 3.05) is 39.2 Å². The molecule has 1 fully saturated rings. The summed E-state index contributed by atoms with van der Waals surface area (Å²) in [7, 11) is 1.59. The molecule has 3 rings (SSSR count). The van der Waals surface area contributed by atoms with E-state index in [0.29, 0.717) is 18.8 Å². The van der Waals surface area contributed by atoms with E-state index in [4.69, 9.17) is 4.74 Å². The molecular formula is C21H27N3O4S. The molecule has 29 heavy (non-hydrogen) atoms. The molecule has 0 atom stereocenters. The summed E-state index contributed by atoms with van der Waals surface area (Å²) < 4.78 is 33.5. The third-order valence-electron chi connectivity index (χ3n) is 5.02. The van der Waals surface area contributed by atoms with Crippen LogP contribution in [0.2, 0.25) is 0 Å². The van der Waals surface area contributed by atoms with Crippen molar-refractivity contribution in [3.05, 3.63) is 53.6 Å². The molecule has 1 aliphatic heterocycles. The van der Waals surface area contributed by atoms with E-state index in [-0.39, 0.29) is 22.9 Å². The minimum absolute atomic E-state index is 0.0470. The lowest BCUT2D eigenvalue weighted by molar-refractivity contribution is 0.0789. The molecule has 0 aromatic heterocycles. The highest BCUT2D eigenvalue weighted by molar-refractivity contribution is 7.89. The number of benzene rings is 2. The van der Waals surface area contributed by atoms with Crippen molar-refractivity contribution in [3.63, 3.8) is 0 Å². The number of amides is 1. The minimum atomic E-state index is -3.78. The Labute approximate surface area is 172 Å². The van der Waals surface area contributed by atoms with Crippen LogP contribution in [-0.2, 0) is 16.6 Å². The van der Waals surface area contributed by atoms with Crippen LogP contribution in [0.15, 0.2) is 47.4 Å². The lowest BCUT2D eigenvalue weighted by Crippen LogP contribution is -2.29. The van der Waals surface area contributed by atoms with Gasteiger partial charge in [-0.2, -0.15) is 0 Å². The SMILES string of the molecule is COc1ccc(S(=O)(=O)NCc2ccc(N(C)C)cc2)cc1C(=O)N1CCCC1. The fourth-order valence-corrected chi connectivity index (χ4v) is 4.33. The smallest absolute Gasteiger partial charge is 0.257 e. The van der Waals surface area contributed by atoms with E-state index in [9.17, 15) is 13.2 Å². The number of ether oxygens (including phenoxy) is 1. The molecule has 7 nitrogen and oxygen atoms in total. The third-order valence-corrected chi connectivity index (χ3v) is 6.42. The van der Waals surface area contributed by atoms with Crippen molar-refractivity contribution < 1.29 is 17.9 Å². The minimum Gasteiger partial charge on any atom is -0.496 e. The van der Waals surface area contributed by atoms with Gasteiger partial charge in [0.05, 0.1) is 17.6 Å². The van der Waals surface area contributed by atoms with Gasteiger partial charge in [-0.15, -0.1) is 0 Å². The van der Waals surface area contributed by atoms with Crippen LogP contribution < -0.4 is 14.4 Å². The first kappa shape index (κ1) is 21.1. The number of methoxy groups -OCH3 is 1. The Hall–Kier alpha value is -2.58. The number of nitrogens with zero attached hydrogens (tertiary/aromatic N) is 2. The first-order chi connectivity index (χ1) is 13.8. The molecule has 2 aromatic rings. The van der Waals surface area contributed by atoms with Crippen LogP contribution in [0, 0.1) is 0 Å². The predicted molar refractivity (Wildman–Crippen MR) is 113 cm³/mol. The molecule has 0 saturated carbocycles. The summed E-state index contributed by atoms with van der Waals surface area (Å²) >= 11 is 0. The van der Waals surface area contributed by atoms with E-state index in [0.717, 1.165) is 24.1 Å². The number of anilines is 1. The van der Waals surface area contributed by atoms with Gasteiger partial charge in [-0.05, 0) is 48.7 Å². The van der Waals surface area contributed by atoms with Crippen LogP contribution in [0.3, 0.4) is 0 Å². The second-order valence-corrected chi connectivity index (χ2v) is 9.01. The van der Waals surface area contributed by atoms with Crippen LogP contribution in [0.1, 0.15) is 28.8 Å². The number of carbonyl (C=O) groups is 1. The number of carbonyl (C=O) groups excluding carboxylic acids is 1. The largest absolute Gasteiger partial charge is 0.496 e. The lowest BCUT2D eigenvalue weighted by Gasteiger charge is -2.18. The number of likely N-dealkylation sites (tertiary alicyclic amines) is 1. The van der Waals surface area contributed by atoms with Gasteiger partial charge < -0.3 is 14.5 Å². The van der Waals surface area contributed by atoms with Crippen molar-refractivity contribution in [1.82, 2.24) is 9.62 Å². The molecule has 0 bridgehead atoms. The van der Waals surface area contributed by atoms with Gasteiger partial charge in [-0.1, -0.05) is 12.1 Å². The maximum atomic E-state index is 12.8. The second-order valence-electron chi connectivity index (χ2n) is 7.25. The quantitative estimate of drug-likeness (QED) is 0.749. The topological polar surface area (TPSA) is 79.0 Å². The van der Waals surface area contributed by atoms with Crippen LogP contribution in [0.25, 0.3) is 0 Å². The Morgan fingerprint density at radius 1 is 1.10 bits per heavy atom. The van der Waals surface area contributed by atoms with Gasteiger partial charge in [0.25, 0.3) is 5.91 Å². The molecule has 0 unspecified atom stereocenters. The Bertz CT molecular complexity index is 966. The molecule has 1 heterocycles. The number of nitrogens with one attached hydrogen (secondary N) is 1. The predicted octanol–water partition coefficient (Wildman–Crippen LogP) is 2.48. The number of hydrogen-bond acceptors (Lipinski definition) is 5. The zero-order valence-corrected chi connectivity index (χ0v) is 17.8. The fraction of sp³-hybridized carbons (Fsp3) is 0.381. The van der Waals surface area contributed by atoms with Gasteiger partial charge in [0.1, 0.15) is 5.75 Å². The summed E-state index contributed by atoms with van der Waals surface area (Å²) in [5.74, 6) is 0.177. The zero-order valence-electron chi connectivity index (χ0n) is 17.0. The van der Waals surface area contributed by atoms with E-state index in [1.165, 1.54) is 25.3 Å². The van der Waals surface area contributed by atoms with Gasteiger partial charge in [-0.3, -0.25) is 4.79 Å². The van der Waals surface area contributed by atoms with Crippen LogP contribution in [-0.4, -0.2) is 53.5 Å². The van der Waals surface area contributed by atoms with Crippen molar-refractivity contribution in [3.8, 4) is 5.75 Å². The van der Waals surface area contributed by atoms with Crippen LogP contribution in [0.5, 0.6) is 5.75 Å².